The van der Waals surface area contributed by atoms with Gasteiger partial charge in [0.1, 0.15) is 17.1 Å². The zero-order chi connectivity index (χ0) is 25.2. The van der Waals surface area contributed by atoms with Gasteiger partial charge in [0, 0.05) is 47.0 Å². The summed E-state index contributed by atoms with van der Waals surface area (Å²) in [6.07, 6.45) is 5.98. The average molecular weight is 484 g/mol. The van der Waals surface area contributed by atoms with Gasteiger partial charge in [0.05, 0.1) is 11.7 Å². The molecule has 178 valence electrons. The zero-order valence-corrected chi connectivity index (χ0v) is 18.9. The van der Waals surface area contributed by atoms with E-state index in [2.05, 4.69) is 20.3 Å². The van der Waals surface area contributed by atoms with Crippen molar-refractivity contribution in [2.24, 2.45) is 0 Å². The molecule has 5 aromatic rings. The predicted octanol–water partition coefficient (Wildman–Crippen LogP) is 5.62. The van der Waals surface area contributed by atoms with Crippen LogP contribution in [-0.2, 0) is 0 Å². The van der Waals surface area contributed by atoms with Crippen LogP contribution in [0.1, 0.15) is 16.1 Å². The van der Waals surface area contributed by atoms with Crippen molar-refractivity contribution in [3.8, 4) is 22.6 Å². The number of amides is 1. The Balaban J connectivity index is 1.39. The number of aromatic nitrogens is 3. The Kier molecular flexibility index (Phi) is 5.95. The number of carbonyl (C=O) groups is 1. The molecule has 0 fully saturated rings. The lowest BCUT2D eigenvalue weighted by atomic mass is 10.0. The number of ether oxygens (including phenoxy) is 1. The molecule has 0 radical (unpaired) electrons. The summed E-state index contributed by atoms with van der Waals surface area (Å²) in [6, 6.07) is 12.7. The molecule has 0 aliphatic rings. The maximum absolute atomic E-state index is 14.8. The van der Waals surface area contributed by atoms with Gasteiger partial charge in [-0.1, -0.05) is 12.1 Å². The maximum Gasteiger partial charge on any atom is 0.261 e. The van der Waals surface area contributed by atoms with Crippen LogP contribution in [0.15, 0.2) is 84.2 Å². The van der Waals surface area contributed by atoms with Gasteiger partial charge in [0.2, 0.25) is 5.43 Å². The molecule has 0 unspecified atom stereocenters. The molecule has 36 heavy (non-hydrogen) atoms. The molecule has 1 amide bonds. The predicted molar refractivity (Wildman–Crippen MR) is 131 cm³/mol. The number of fused-ring (bicyclic) bond motifs is 1. The quantitative estimate of drug-likeness (QED) is 0.338. The van der Waals surface area contributed by atoms with E-state index in [1.165, 1.54) is 48.8 Å². The number of aryl methyl sites for hydroxylation is 1. The fourth-order valence-electron chi connectivity index (χ4n) is 3.80. The number of H-pyrrole nitrogens is 1. The Morgan fingerprint density at radius 2 is 1.81 bits per heavy atom. The van der Waals surface area contributed by atoms with Crippen LogP contribution in [-0.4, -0.2) is 20.9 Å². The van der Waals surface area contributed by atoms with E-state index in [-0.39, 0.29) is 22.6 Å². The number of anilines is 1. The zero-order valence-electron chi connectivity index (χ0n) is 18.9. The van der Waals surface area contributed by atoms with Crippen molar-refractivity contribution < 1.29 is 18.3 Å². The van der Waals surface area contributed by atoms with E-state index in [1.54, 1.807) is 31.5 Å². The number of benzene rings is 2. The van der Waals surface area contributed by atoms with Gasteiger partial charge < -0.3 is 15.0 Å². The van der Waals surface area contributed by atoms with Crippen molar-refractivity contribution in [3.63, 3.8) is 0 Å². The molecule has 5 rings (SSSR count). The van der Waals surface area contributed by atoms with Crippen molar-refractivity contribution in [3.05, 3.63) is 112 Å². The standard InChI is InChI=1S/C27H18F2N4O3/c1-15-25(16-2-4-17(28)5-3-16)26(34)20(13-32-15)27(35)33-18-6-7-24(21(29)12-18)36-23-9-11-31-22-14-30-10-8-19(22)23/h2-14H,1H3,(H,32,34)(H,33,35). The highest BCUT2D eigenvalue weighted by molar-refractivity contribution is 6.04. The Labute approximate surface area is 203 Å². The minimum Gasteiger partial charge on any atom is -0.454 e. The summed E-state index contributed by atoms with van der Waals surface area (Å²) in [5.74, 6) is -1.52. The van der Waals surface area contributed by atoms with Gasteiger partial charge in [0.25, 0.3) is 5.91 Å². The van der Waals surface area contributed by atoms with Crippen molar-refractivity contribution in [1.29, 1.82) is 0 Å². The smallest absolute Gasteiger partial charge is 0.261 e. The Morgan fingerprint density at radius 1 is 1.00 bits per heavy atom. The minimum atomic E-state index is -0.722. The number of pyridine rings is 3. The normalized spacial score (nSPS) is 10.9. The monoisotopic (exact) mass is 484 g/mol. The van der Waals surface area contributed by atoms with E-state index < -0.39 is 23.0 Å². The Morgan fingerprint density at radius 3 is 2.58 bits per heavy atom. The van der Waals surface area contributed by atoms with E-state index in [4.69, 9.17) is 4.74 Å². The molecule has 9 heteroatoms. The number of nitrogens with zero attached hydrogens (tertiary/aromatic N) is 2. The van der Waals surface area contributed by atoms with Crippen LogP contribution < -0.4 is 15.5 Å². The SMILES string of the molecule is Cc1[nH]cc(C(=O)Nc2ccc(Oc3ccnc4cnccc34)c(F)c2)c(=O)c1-c1ccc(F)cc1. The Bertz CT molecular complexity index is 1660. The van der Waals surface area contributed by atoms with Gasteiger partial charge in [0.15, 0.2) is 11.6 Å². The first-order valence-corrected chi connectivity index (χ1v) is 10.9. The van der Waals surface area contributed by atoms with Gasteiger partial charge in [-0.05, 0) is 48.9 Å². The molecule has 3 heterocycles. The molecule has 2 aromatic carbocycles. The highest BCUT2D eigenvalue weighted by Gasteiger charge is 2.18. The number of carbonyl (C=O) groups excluding carboxylic acids is 1. The second-order valence-corrected chi connectivity index (χ2v) is 7.94. The highest BCUT2D eigenvalue weighted by atomic mass is 19.1. The van der Waals surface area contributed by atoms with Crippen LogP contribution >= 0.6 is 0 Å². The highest BCUT2D eigenvalue weighted by Crippen LogP contribution is 2.31. The van der Waals surface area contributed by atoms with Crippen molar-refractivity contribution in [2.45, 2.75) is 6.92 Å². The lowest BCUT2D eigenvalue weighted by molar-refractivity contribution is 0.102. The molecular formula is C27H18F2N4O3. The van der Waals surface area contributed by atoms with Crippen molar-refractivity contribution in [1.82, 2.24) is 15.0 Å². The first kappa shape index (κ1) is 22.9. The van der Waals surface area contributed by atoms with Crippen LogP contribution in [0, 0.1) is 18.6 Å². The number of hydrogen-bond acceptors (Lipinski definition) is 5. The number of halogens is 2. The number of rotatable bonds is 5. The lowest BCUT2D eigenvalue weighted by Gasteiger charge is -2.12. The maximum atomic E-state index is 14.8. The van der Waals surface area contributed by atoms with Gasteiger partial charge in [-0.2, -0.15) is 0 Å². The second kappa shape index (κ2) is 9.38. The van der Waals surface area contributed by atoms with Crippen LogP contribution in [0.3, 0.4) is 0 Å². The van der Waals surface area contributed by atoms with Crippen LogP contribution in [0.5, 0.6) is 11.5 Å². The van der Waals surface area contributed by atoms with E-state index in [1.807, 2.05) is 0 Å². The molecule has 3 aromatic heterocycles. The van der Waals surface area contributed by atoms with Gasteiger partial charge in [-0.25, -0.2) is 8.78 Å². The number of hydrogen-bond donors (Lipinski definition) is 2. The van der Waals surface area contributed by atoms with Gasteiger partial charge in [-0.15, -0.1) is 0 Å². The van der Waals surface area contributed by atoms with Crippen LogP contribution in [0.4, 0.5) is 14.5 Å². The summed E-state index contributed by atoms with van der Waals surface area (Å²) in [7, 11) is 0. The van der Waals surface area contributed by atoms with Crippen LogP contribution in [0.25, 0.3) is 22.0 Å². The van der Waals surface area contributed by atoms with Crippen molar-refractivity contribution >= 4 is 22.5 Å². The lowest BCUT2D eigenvalue weighted by Crippen LogP contribution is -2.23. The molecule has 0 atom stereocenters. The summed E-state index contributed by atoms with van der Waals surface area (Å²) in [5, 5.41) is 3.20. The third-order valence-corrected chi connectivity index (χ3v) is 5.57. The third kappa shape index (κ3) is 4.41. The van der Waals surface area contributed by atoms with Crippen molar-refractivity contribution in [2.75, 3.05) is 5.32 Å². The summed E-state index contributed by atoms with van der Waals surface area (Å²) >= 11 is 0. The molecular weight excluding hydrogens is 466 g/mol. The average Bonchev–Trinajstić information content (AvgIpc) is 2.87. The third-order valence-electron chi connectivity index (χ3n) is 5.57. The summed E-state index contributed by atoms with van der Waals surface area (Å²) < 4.78 is 33.9. The molecule has 0 spiro atoms. The van der Waals surface area contributed by atoms with E-state index in [0.29, 0.717) is 27.9 Å². The Hall–Kier alpha value is -4.92. The van der Waals surface area contributed by atoms with E-state index >= 15 is 0 Å². The first-order chi connectivity index (χ1) is 17.4. The molecule has 7 nitrogen and oxygen atoms in total. The summed E-state index contributed by atoms with van der Waals surface area (Å²) in [6.45, 7) is 1.68. The molecule has 0 aliphatic carbocycles. The number of aromatic amines is 1. The molecule has 0 aliphatic heterocycles. The van der Waals surface area contributed by atoms with Gasteiger partial charge in [-0.3, -0.25) is 19.6 Å². The molecule has 2 N–H and O–H groups in total. The summed E-state index contributed by atoms with van der Waals surface area (Å²) in [5.41, 5.74) is 1.27. The van der Waals surface area contributed by atoms with E-state index in [9.17, 15) is 18.4 Å². The number of nitrogens with one attached hydrogen (secondary N) is 2. The fraction of sp³-hybridized carbons (Fsp3) is 0.0370. The molecule has 0 bridgehead atoms. The first-order valence-electron chi connectivity index (χ1n) is 10.9. The summed E-state index contributed by atoms with van der Waals surface area (Å²) in [4.78, 5) is 37.0. The fourth-order valence-corrected chi connectivity index (χ4v) is 3.80. The second-order valence-electron chi connectivity index (χ2n) is 7.94. The molecule has 0 saturated heterocycles. The topological polar surface area (TPSA) is 97.0 Å². The molecule has 0 saturated carbocycles. The van der Waals surface area contributed by atoms with Crippen LogP contribution in [0.2, 0.25) is 0 Å². The van der Waals surface area contributed by atoms with Gasteiger partial charge >= 0.3 is 0 Å². The largest absolute Gasteiger partial charge is 0.454 e. The minimum absolute atomic E-state index is 0.0518. The van der Waals surface area contributed by atoms with E-state index in [0.717, 1.165) is 6.07 Å².